The number of aliphatic carboxylic acids is 1. The van der Waals surface area contributed by atoms with Crippen molar-refractivity contribution in [3.8, 4) is 0 Å². The minimum Gasteiger partial charge on any atom is -0.481 e. The highest BCUT2D eigenvalue weighted by atomic mass is 16.5. The first-order chi connectivity index (χ1) is 9.47. The molecule has 0 aliphatic rings. The van der Waals surface area contributed by atoms with Crippen LogP contribution in [0, 0.1) is 6.92 Å². The Hall–Kier alpha value is -2.18. The van der Waals surface area contributed by atoms with E-state index in [1.54, 1.807) is 13.8 Å². The second kappa shape index (κ2) is 7.42. The molecule has 0 aromatic carbocycles. The third kappa shape index (κ3) is 4.49. The highest BCUT2D eigenvalue weighted by molar-refractivity contribution is 5.90. The Labute approximate surface area is 117 Å². The minimum absolute atomic E-state index is 0.0153. The van der Waals surface area contributed by atoms with Crippen LogP contribution in [-0.2, 0) is 9.53 Å². The number of nitrogens with zero attached hydrogens (tertiary/aromatic N) is 2. The van der Waals surface area contributed by atoms with Gasteiger partial charge in [-0.15, -0.1) is 0 Å². The van der Waals surface area contributed by atoms with Gasteiger partial charge in [0.25, 0.3) is 0 Å². The monoisotopic (exact) mass is 281 g/mol. The second-order valence-corrected chi connectivity index (χ2v) is 4.26. The van der Waals surface area contributed by atoms with Gasteiger partial charge in [-0.05, 0) is 20.3 Å². The van der Waals surface area contributed by atoms with Gasteiger partial charge in [-0.2, -0.15) is 0 Å². The molecule has 0 bridgehead atoms. The molecule has 0 aliphatic carbocycles. The van der Waals surface area contributed by atoms with Gasteiger partial charge in [0.2, 0.25) is 5.95 Å². The Bertz CT molecular complexity index is 491. The number of aryl methyl sites for hydroxylation is 1. The number of hydrogen-bond donors (Lipinski definition) is 2. The SMILES string of the molecule is CCOC(=O)c1cnc(NC(CC)CC(=O)O)nc1C. The van der Waals surface area contributed by atoms with Crippen LogP contribution in [-0.4, -0.2) is 39.7 Å². The smallest absolute Gasteiger partial charge is 0.341 e. The maximum Gasteiger partial charge on any atom is 0.341 e. The first-order valence-corrected chi connectivity index (χ1v) is 6.47. The maximum absolute atomic E-state index is 11.6. The van der Waals surface area contributed by atoms with Crippen molar-refractivity contribution in [2.75, 3.05) is 11.9 Å². The molecule has 0 spiro atoms. The first-order valence-electron chi connectivity index (χ1n) is 6.47. The van der Waals surface area contributed by atoms with E-state index in [9.17, 15) is 9.59 Å². The van der Waals surface area contributed by atoms with Gasteiger partial charge in [0.05, 0.1) is 24.3 Å². The minimum atomic E-state index is -0.885. The fraction of sp³-hybridized carbons (Fsp3) is 0.538. The number of carboxylic acids is 1. The number of nitrogens with one attached hydrogen (secondary N) is 1. The quantitative estimate of drug-likeness (QED) is 0.732. The first kappa shape index (κ1) is 15.9. The molecule has 0 saturated heterocycles. The molecule has 20 heavy (non-hydrogen) atoms. The summed E-state index contributed by atoms with van der Waals surface area (Å²) in [5.41, 5.74) is 0.801. The summed E-state index contributed by atoms with van der Waals surface area (Å²) in [5.74, 6) is -1.04. The number of aromatic nitrogens is 2. The van der Waals surface area contributed by atoms with Crippen LogP contribution in [0.15, 0.2) is 6.20 Å². The van der Waals surface area contributed by atoms with Crippen molar-refractivity contribution >= 4 is 17.9 Å². The Balaban J connectivity index is 2.81. The number of carbonyl (C=O) groups is 2. The molecule has 0 amide bonds. The summed E-state index contributed by atoms with van der Waals surface area (Å²) in [6.07, 6.45) is 2.00. The molecule has 1 rings (SSSR count). The summed E-state index contributed by atoms with van der Waals surface area (Å²) >= 11 is 0. The van der Waals surface area contributed by atoms with Crippen molar-refractivity contribution in [2.45, 2.75) is 39.7 Å². The van der Waals surface area contributed by atoms with E-state index in [1.165, 1.54) is 6.20 Å². The van der Waals surface area contributed by atoms with Gasteiger partial charge in [0.1, 0.15) is 0 Å². The number of carbonyl (C=O) groups excluding carboxylic acids is 1. The van der Waals surface area contributed by atoms with Gasteiger partial charge in [0.15, 0.2) is 0 Å². The van der Waals surface area contributed by atoms with Gasteiger partial charge in [-0.25, -0.2) is 14.8 Å². The predicted octanol–water partition coefficient (Wildman–Crippen LogP) is 1.63. The number of carboxylic acid groups (broad SMARTS) is 1. The molecule has 7 nitrogen and oxygen atoms in total. The van der Waals surface area contributed by atoms with Gasteiger partial charge in [-0.3, -0.25) is 4.79 Å². The van der Waals surface area contributed by atoms with Gasteiger partial charge >= 0.3 is 11.9 Å². The summed E-state index contributed by atoms with van der Waals surface area (Å²) < 4.78 is 4.89. The zero-order valence-corrected chi connectivity index (χ0v) is 11.8. The lowest BCUT2D eigenvalue weighted by molar-refractivity contribution is -0.137. The zero-order chi connectivity index (χ0) is 15.1. The van der Waals surface area contributed by atoms with Crippen molar-refractivity contribution < 1.29 is 19.4 Å². The molecular formula is C13H19N3O4. The van der Waals surface area contributed by atoms with Gasteiger partial charge in [0, 0.05) is 12.2 Å². The topological polar surface area (TPSA) is 101 Å². The molecule has 1 aromatic heterocycles. The zero-order valence-electron chi connectivity index (χ0n) is 11.8. The lowest BCUT2D eigenvalue weighted by Gasteiger charge is -2.15. The third-order valence-electron chi connectivity index (χ3n) is 2.72. The Morgan fingerprint density at radius 2 is 2.15 bits per heavy atom. The summed E-state index contributed by atoms with van der Waals surface area (Å²) in [4.78, 5) is 30.5. The van der Waals surface area contributed by atoms with E-state index in [0.29, 0.717) is 23.6 Å². The van der Waals surface area contributed by atoms with Crippen molar-refractivity contribution in [3.05, 3.63) is 17.5 Å². The van der Waals surface area contributed by atoms with Gasteiger partial charge < -0.3 is 15.2 Å². The summed E-state index contributed by atoms with van der Waals surface area (Å²) in [6.45, 7) is 5.56. The maximum atomic E-state index is 11.6. The van der Waals surface area contributed by atoms with Crippen LogP contribution in [0.25, 0.3) is 0 Å². The van der Waals surface area contributed by atoms with Crippen LogP contribution in [0.5, 0.6) is 0 Å². The van der Waals surface area contributed by atoms with E-state index >= 15 is 0 Å². The fourth-order valence-electron chi connectivity index (χ4n) is 1.64. The molecule has 0 fully saturated rings. The van der Waals surface area contributed by atoms with Crippen LogP contribution < -0.4 is 5.32 Å². The molecule has 110 valence electrons. The molecule has 7 heteroatoms. The lowest BCUT2D eigenvalue weighted by atomic mass is 10.1. The number of ether oxygens (including phenoxy) is 1. The molecule has 1 unspecified atom stereocenters. The molecule has 0 saturated carbocycles. The molecular weight excluding hydrogens is 262 g/mol. The fourth-order valence-corrected chi connectivity index (χ4v) is 1.64. The molecule has 1 atom stereocenters. The lowest BCUT2D eigenvalue weighted by Crippen LogP contribution is -2.24. The standard InChI is InChI=1S/C13H19N3O4/c1-4-9(6-11(17)18)16-13-14-7-10(8(3)15-13)12(19)20-5-2/h7,9H,4-6H2,1-3H3,(H,17,18)(H,14,15,16). The molecule has 1 heterocycles. The van der Waals surface area contributed by atoms with Crippen LogP contribution in [0.3, 0.4) is 0 Å². The Kier molecular flexibility index (Phi) is 5.89. The van der Waals surface area contributed by atoms with E-state index < -0.39 is 11.9 Å². The van der Waals surface area contributed by atoms with Crippen molar-refractivity contribution in [2.24, 2.45) is 0 Å². The highest BCUT2D eigenvalue weighted by Gasteiger charge is 2.15. The number of rotatable bonds is 7. The van der Waals surface area contributed by atoms with Crippen molar-refractivity contribution in [1.29, 1.82) is 0 Å². The summed E-state index contributed by atoms with van der Waals surface area (Å²) in [5, 5.41) is 11.7. The van der Waals surface area contributed by atoms with Gasteiger partial charge in [-0.1, -0.05) is 6.92 Å². The van der Waals surface area contributed by atoms with Crippen LogP contribution in [0.4, 0.5) is 5.95 Å². The molecule has 0 radical (unpaired) electrons. The van der Waals surface area contributed by atoms with E-state index in [4.69, 9.17) is 9.84 Å². The summed E-state index contributed by atoms with van der Waals surface area (Å²) in [6, 6.07) is -0.250. The summed E-state index contributed by atoms with van der Waals surface area (Å²) in [7, 11) is 0. The van der Waals surface area contributed by atoms with Crippen LogP contribution in [0.2, 0.25) is 0 Å². The highest BCUT2D eigenvalue weighted by Crippen LogP contribution is 2.11. The van der Waals surface area contributed by atoms with Crippen LogP contribution in [0.1, 0.15) is 42.7 Å². The average molecular weight is 281 g/mol. The van der Waals surface area contributed by atoms with Crippen LogP contribution >= 0.6 is 0 Å². The third-order valence-corrected chi connectivity index (χ3v) is 2.72. The van der Waals surface area contributed by atoms with Crippen molar-refractivity contribution in [3.63, 3.8) is 0 Å². The van der Waals surface area contributed by atoms with E-state index in [1.807, 2.05) is 6.92 Å². The second-order valence-electron chi connectivity index (χ2n) is 4.26. The predicted molar refractivity (Wildman–Crippen MR) is 72.7 cm³/mol. The largest absolute Gasteiger partial charge is 0.481 e. The Morgan fingerprint density at radius 1 is 1.45 bits per heavy atom. The van der Waals surface area contributed by atoms with E-state index in [-0.39, 0.29) is 19.1 Å². The normalized spacial score (nSPS) is 11.8. The number of anilines is 1. The Morgan fingerprint density at radius 3 is 2.65 bits per heavy atom. The molecule has 1 aromatic rings. The van der Waals surface area contributed by atoms with E-state index in [0.717, 1.165) is 0 Å². The average Bonchev–Trinajstić information content (AvgIpc) is 2.37. The van der Waals surface area contributed by atoms with E-state index in [2.05, 4.69) is 15.3 Å². The number of hydrogen-bond acceptors (Lipinski definition) is 6. The molecule has 0 aliphatic heterocycles. The molecule has 2 N–H and O–H groups in total. The number of esters is 1. The van der Waals surface area contributed by atoms with Crippen molar-refractivity contribution in [1.82, 2.24) is 9.97 Å².